The Labute approximate surface area is 240 Å². The molecule has 13 nitrogen and oxygen atoms in total. The van der Waals surface area contributed by atoms with E-state index in [1.165, 1.54) is 4.90 Å². The summed E-state index contributed by atoms with van der Waals surface area (Å²) in [5.41, 5.74) is 9.49. The van der Waals surface area contributed by atoms with Crippen molar-refractivity contribution in [1.82, 2.24) is 34.4 Å². The minimum Gasteiger partial charge on any atom is -0.465 e. The number of rotatable bonds is 11. The fraction of sp³-hybridized carbons (Fsp3) is 0.571. The molecule has 0 spiro atoms. The molecule has 0 radical (unpaired) electrons. The predicted molar refractivity (Wildman–Crippen MR) is 155 cm³/mol. The van der Waals surface area contributed by atoms with Crippen molar-refractivity contribution in [2.75, 3.05) is 49.9 Å². The first kappa shape index (κ1) is 29.8. The zero-order valence-electron chi connectivity index (χ0n) is 24.6. The van der Waals surface area contributed by atoms with Crippen LogP contribution in [0.5, 0.6) is 6.01 Å². The van der Waals surface area contributed by atoms with Gasteiger partial charge in [-0.25, -0.2) is 19.3 Å². The monoisotopic (exact) mass is 567 g/mol. The van der Waals surface area contributed by atoms with Gasteiger partial charge >= 0.3 is 12.1 Å². The van der Waals surface area contributed by atoms with Crippen LogP contribution in [0.25, 0.3) is 5.65 Å². The third-order valence-corrected chi connectivity index (χ3v) is 7.05. The molecular weight excluding hydrogens is 526 g/mol. The zero-order valence-corrected chi connectivity index (χ0v) is 24.6. The average molecular weight is 568 g/mol. The Bertz CT molecular complexity index is 1370. The van der Waals surface area contributed by atoms with Gasteiger partial charge < -0.3 is 25.4 Å². The van der Waals surface area contributed by atoms with Crippen molar-refractivity contribution in [3.8, 4) is 6.01 Å². The average Bonchev–Trinajstić information content (AvgIpc) is 3.31. The molecule has 1 atom stereocenters. The Morgan fingerprint density at radius 3 is 2.51 bits per heavy atom. The summed E-state index contributed by atoms with van der Waals surface area (Å²) in [7, 11) is 0. The van der Waals surface area contributed by atoms with Gasteiger partial charge in [0.2, 0.25) is 5.91 Å². The standard InChI is InChI=1S/C28H41N9O4/c1-6-7-20(5)41-27-32-24(29)26-31-15-22(37(26)33-27)13-21-12-19(4)25(30-14-21)35-10-8-34(9-11-35)23(38)17-36(28(39)40)16-18(2)3/h12,14-15,18,20H,6-11,13,16-17H2,1-5H3,(H,39,40)(H2,29,32,33)/t20-/m0/s1. The highest BCUT2D eigenvalue weighted by atomic mass is 16.5. The molecule has 1 aliphatic rings. The first-order chi connectivity index (χ1) is 19.5. The first-order valence-electron chi connectivity index (χ1n) is 14.2. The molecule has 222 valence electrons. The molecule has 4 heterocycles. The second-order valence-corrected chi connectivity index (χ2v) is 11.1. The van der Waals surface area contributed by atoms with Crippen LogP contribution in [0.2, 0.25) is 0 Å². The van der Waals surface area contributed by atoms with E-state index >= 15 is 0 Å². The van der Waals surface area contributed by atoms with E-state index in [9.17, 15) is 14.7 Å². The van der Waals surface area contributed by atoms with Gasteiger partial charge in [0.1, 0.15) is 12.4 Å². The molecule has 3 N–H and O–H groups in total. The summed E-state index contributed by atoms with van der Waals surface area (Å²) in [4.78, 5) is 42.8. The number of ether oxygens (including phenoxy) is 1. The Hall–Kier alpha value is -4.16. The lowest BCUT2D eigenvalue weighted by Crippen LogP contribution is -2.52. The molecule has 0 aliphatic carbocycles. The predicted octanol–water partition coefficient (Wildman–Crippen LogP) is 2.85. The molecule has 3 aromatic rings. The van der Waals surface area contributed by atoms with Crippen LogP contribution >= 0.6 is 0 Å². The maximum absolute atomic E-state index is 12.8. The Kier molecular flexibility index (Phi) is 9.46. The summed E-state index contributed by atoms with van der Waals surface area (Å²) in [5, 5.41) is 14.0. The largest absolute Gasteiger partial charge is 0.465 e. The smallest absolute Gasteiger partial charge is 0.407 e. The number of hydrogen-bond acceptors (Lipinski definition) is 9. The number of amides is 2. The maximum Gasteiger partial charge on any atom is 0.407 e. The van der Waals surface area contributed by atoms with Crippen LogP contribution in [-0.4, -0.2) is 96.8 Å². The number of carbonyl (C=O) groups is 2. The van der Waals surface area contributed by atoms with Crippen molar-refractivity contribution in [2.45, 2.75) is 60.0 Å². The number of aromatic nitrogens is 5. The van der Waals surface area contributed by atoms with Gasteiger partial charge in [-0.05, 0) is 37.3 Å². The fourth-order valence-electron chi connectivity index (χ4n) is 5.09. The SMILES string of the molecule is CCC[C@H](C)Oc1nc(N)c2ncc(Cc3cnc(N4CCN(C(=O)CN(CC(C)C)C(=O)O)CC4)c(C)c3)n2n1. The highest BCUT2D eigenvalue weighted by molar-refractivity contribution is 5.82. The van der Waals surface area contributed by atoms with Crippen LogP contribution < -0.4 is 15.4 Å². The molecule has 0 saturated carbocycles. The van der Waals surface area contributed by atoms with Crippen molar-refractivity contribution in [3.05, 3.63) is 35.3 Å². The highest BCUT2D eigenvalue weighted by Crippen LogP contribution is 2.23. The summed E-state index contributed by atoms with van der Waals surface area (Å²) in [6, 6.07) is 2.33. The number of carbonyl (C=O) groups excluding carboxylic acids is 1. The summed E-state index contributed by atoms with van der Waals surface area (Å²) in [6.45, 7) is 12.5. The van der Waals surface area contributed by atoms with Gasteiger partial charge in [0.15, 0.2) is 11.5 Å². The van der Waals surface area contributed by atoms with E-state index in [2.05, 4.69) is 33.0 Å². The second-order valence-electron chi connectivity index (χ2n) is 11.1. The van der Waals surface area contributed by atoms with Crippen LogP contribution in [0.3, 0.4) is 0 Å². The van der Waals surface area contributed by atoms with E-state index in [1.54, 1.807) is 15.6 Å². The van der Waals surface area contributed by atoms with Crippen LogP contribution in [-0.2, 0) is 11.2 Å². The van der Waals surface area contributed by atoms with E-state index in [4.69, 9.17) is 15.5 Å². The number of carboxylic acid groups (broad SMARTS) is 1. The van der Waals surface area contributed by atoms with Gasteiger partial charge in [0.05, 0.1) is 18.0 Å². The number of hydrogen-bond donors (Lipinski definition) is 2. The van der Waals surface area contributed by atoms with Gasteiger partial charge in [-0.15, -0.1) is 5.10 Å². The lowest BCUT2D eigenvalue weighted by atomic mass is 10.1. The Morgan fingerprint density at radius 2 is 1.88 bits per heavy atom. The number of aryl methyl sites for hydroxylation is 1. The number of nitrogens with zero attached hydrogens (tertiary/aromatic N) is 8. The maximum atomic E-state index is 12.8. The highest BCUT2D eigenvalue weighted by Gasteiger charge is 2.26. The summed E-state index contributed by atoms with van der Waals surface area (Å²) in [6.07, 6.45) is 4.94. The minimum atomic E-state index is -1.07. The molecule has 0 unspecified atom stereocenters. The second kappa shape index (κ2) is 13.0. The Morgan fingerprint density at radius 1 is 1.15 bits per heavy atom. The summed E-state index contributed by atoms with van der Waals surface area (Å²) in [5.74, 6) is 1.12. The van der Waals surface area contributed by atoms with Crippen LogP contribution in [0.1, 0.15) is 57.4 Å². The molecule has 0 aromatic carbocycles. The molecule has 3 aromatic heterocycles. The van der Waals surface area contributed by atoms with Crippen molar-refractivity contribution < 1.29 is 19.4 Å². The van der Waals surface area contributed by atoms with E-state index in [0.29, 0.717) is 44.8 Å². The number of anilines is 2. The van der Waals surface area contributed by atoms with Gasteiger partial charge in [0.25, 0.3) is 0 Å². The van der Waals surface area contributed by atoms with Crippen LogP contribution in [0, 0.1) is 12.8 Å². The minimum absolute atomic E-state index is 0.0208. The topological polar surface area (TPSA) is 155 Å². The van der Waals surface area contributed by atoms with Gasteiger partial charge in [0, 0.05) is 45.3 Å². The first-order valence-corrected chi connectivity index (χ1v) is 14.2. The number of fused-ring (bicyclic) bond motifs is 1. The summed E-state index contributed by atoms with van der Waals surface area (Å²) < 4.78 is 7.55. The molecule has 13 heteroatoms. The number of nitrogens with two attached hydrogens (primary N) is 1. The van der Waals surface area contributed by atoms with E-state index in [0.717, 1.165) is 35.5 Å². The van der Waals surface area contributed by atoms with Crippen molar-refractivity contribution in [1.29, 1.82) is 0 Å². The Balaban J connectivity index is 1.40. The molecule has 1 saturated heterocycles. The van der Waals surface area contributed by atoms with Crippen LogP contribution in [0.15, 0.2) is 18.5 Å². The molecule has 0 bridgehead atoms. The molecule has 1 aliphatic heterocycles. The quantitative estimate of drug-likeness (QED) is 0.353. The summed E-state index contributed by atoms with van der Waals surface area (Å²) >= 11 is 0. The number of piperazine rings is 1. The third kappa shape index (κ3) is 7.33. The molecule has 1 fully saturated rings. The van der Waals surface area contributed by atoms with Crippen molar-refractivity contribution in [2.24, 2.45) is 5.92 Å². The molecule has 41 heavy (non-hydrogen) atoms. The van der Waals surface area contributed by atoms with Crippen LogP contribution in [0.4, 0.5) is 16.4 Å². The van der Waals surface area contributed by atoms with Crippen molar-refractivity contribution in [3.63, 3.8) is 0 Å². The number of imidazole rings is 1. The molecule has 2 amide bonds. The normalized spacial score (nSPS) is 14.5. The fourth-order valence-corrected chi connectivity index (χ4v) is 5.09. The van der Waals surface area contributed by atoms with E-state index in [-0.39, 0.29) is 36.3 Å². The number of nitrogen functional groups attached to an aromatic ring is 1. The van der Waals surface area contributed by atoms with Gasteiger partial charge in [-0.2, -0.15) is 4.98 Å². The van der Waals surface area contributed by atoms with Crippen molar-refractivity contribution >= 4 is 29.3 Å². The van der Waals surface area contributed by atoms with E-state index < -0.39 is 6.09 Å². The number of pyridine rings is 1. The molecule has 4 rings (SSSR count). The third-order valence-electron chi connectivity index (χ3n) is 7.05. The van der Waals surface area contributed by atoms with E-state index in [1.807, 2.05) is 33.9 Å². The van der Waals surface area contributed by atoms with Gasteiger partial charge in [-0.3, -0.25) is 9.69 Å². The lowest BCUT2D eigenvalue weighted by Gasteiger charge is -2.37. The lowest BCUT2D eigenvalue weighted by molar-refractivity contribution is -0.132. The zero-order chi connectivity index (χ0) is 29.7. The van der Waals surface area contributed by atoms with Gasteiger partial charge in [-0.1, -0.05) is 33.3 Å². The molecular formula is C28H41N9O4.